The maximum Gasteiger partial charge on any atom is 0.243 e. The number of carbonyl (C=O) groups excluding carboxylic acids is 2. The molecular weight excluding hydrogens is 476 g/mol. The maximum atomic E-state index is 13.1. The number of hydrogen-bond acceptors (Lipinski definition) is 5. The van der Waals surface area contributed by atoms with Crippen LogP contribution < -0.4 is 11.1 Å². The van der Waals surface area contributed by atoms with Gasteiger partial charge in [-0.05, 0) is 73.2 Å². The number of amides is 2. The Labute approximate surface area is 205 Å². The van der Waals surface area contributed by atoms with Crippen LogP contribution in [0.25, 0.3) is 10.8 Å². The highest BCUT2D eigenvalue weighted by atomic mass is 35.5. The molecule has 0 bridgehead atoms. The SMILES string of the molecule is NCC1CCC(C(=O)NCC(=O)N2CCN(S(=O)(=O)c3ccc4cc(Cl)ccc4c3)CC2)CC1. The number of nitrogens with zero attached hydrogens (tertiary/aromatic N) is 2. The number of hydrogen-bond donors (Lipinski definition) is 2. The molecule has 4 rings (SSSR count). The van der Waals surface area contributed by atoms with Gasteiger partial charge in [-0.2, -0.15) is 4.31 Å². The molecule has 34 heavy (non-hydrogen) atoms. The second kappa shape index (κ2) is 10.6. The first kappa shape index (κ1) is 24.9. The molecule has 0 aromatic heterocycles. The van der Waals surface area contributed by atoms with Crippen LogP contribution in [0.15, 0.2) is 41.3 Å². The largest absolute Gasteiger partial charge is 0.347 e. The molecule has 2 aromatic rings. The van der Waals surface area contributed by atoms with Gasteiger partial charge in [0, 0.05) is 37.1 Å². The first-order chi connectivity index (χ1) is 16.3. The van der Waals surface area contributed by atoms with Gasteiger partial charge in [-0.3, -0.25) is 9.59 Å². The molecule has 1 saturated heterocycles. The third-order valence-corrected chi connectivity index (χ3v) is 9.10. The molecule has 0 unspecified atom stereocenters. The standard InChI is InChI=1S/C24H31ClN4O4S/c25-21-7-5-20-14-22(8-6-19(20)13-21)34(32,33)29-11-9-28(10-12-29)23(30)16-27-24(31)18-3-1-17(15-26)2-4-18/h5-8,13-14,17-18H,1-4,9-12,15-16,26H2,(H,27,31). The Bertz CT molecular complexity index is 1160. The summed E-state index contributed by atoms with van der Waals surface area (Å²) in [4.78, 5) is 26.9. The van der Waals surface area contributed by atoms with Gasteiger partial charge in [0.1, 0.15) is 0 Å². The number of carbonyl (C=O) groups is 2. The molecule has 2 fully saturated rings. The summed E-state index contributed by atoms with van der Waals surface area (Å²) in [7, 11) is -3.68. The van der Waals surface area contributed by atoms with Gasteiger partial charge in [-0.1, -0.05) is 23.7 Å². The van der Waals surface area contributed by atoms with Crippen molar-refractivity contribution in [3.8, 4) is 0 Å². The molecule has 0 spiro atoms. The molecular formula is C24H31ClN4O4S. The van der Waals surface area contributed by atoms with E-state index in [2.05, 4.69) is 5.32 Å². The van der Waals surface area contributed by atoms with E-state index in [4.69, 9.17) is 17.3 Å². The summed E-state index contributed by atoms with van der Waals surface area (Å²) in [6.45, 7) is 1.60. The summed E-state index contributed by atoms with van der Waals surface area (Å²) < 4.78 is 27.7. The molecule has 0 radical (unpaired) electrons. The third-order valence-electron chi connectivity index (χ3n) is 6.97. The van der Waals surface area contributed by atoms with Crippen molar-refractivity contribution >= 4 is 44.2 Å². The molecule has 1 saturated carbocycles. The monoisotopic (exact) mass is 506 g/mol. The smallest absolute Gasteiger partial charge is 0.243 e. The number of halogens is 1. The fourth-order valence-electron chi connectivity index (χ4n) is 4.76. The molecule has 1 aliphatic heterocycles. The van der Waals surface area contributed by atoms with Crippen LogP contribution in [-0.2, 0) is 19.6 Å². The number of nitrogens with two attached hydrogens (primary N) is 1. The van der Waals surface area contributed by atoms with E-state index in [0.717, 1.165) is 36.5 Å². The molecule has 1 aliphatic carbocycles. The van der Waals surface area contributed by atoms with E-state index >= 15 is 0 Å². The van der Waals surface area contributed by atoms with Crippen molar-refractivity contribution in [2.45, 2.75) is 30.6 Å². The lowest BCUT2D eigenvalue weighted by atomic mass is 9.81. The van der Waals surface area contributed by atoms with E-state index in [1.54, 1.807) is 41.3 Å². The van der Waals surface area contributed by atoms with E-state index in [0.29, 0.717) is 30.6 Å². The summed E-state index contributed by atoms with van der Waals surface area (Å²) in [6, 6.07) is 10.3. The van der Waals surface area contributed by atoms with Gasteiger partial charge < -0.3 is 16.0 Å². The quantitative estimate of drug-likeness (QED) is 0.623. The molecule has 2 aliphatic rings. The molecule has 0 atom stereocenters. The van der Waals surface area contributed by atoms with Crippen LogP contribution in [0, 0.1) is 11.8 Å². The van der Waals surface area contributed by atoms with Crippen molar-refractivity contribution in [2.24, 2.45) is 17.6 Å². The fourth-order valence-corrected chi connectivity index (χ4v) is 6.40. The topological polar surface area (TPSA) is 113 Å². The van der Waals surface area contributed by atoms with Crippen LogP contribution >= 0.6 is 11.6 Å². The van der Waals surface area contributed by atoms with Gasteiger partial charge in [0.25, 0.3) is 0 Å². The van der Waals surface area contributed by atoms with E-state index in [9.17, 15) is 18.0 Å². The van der Waals surface area contributed by atoms with Crippen molar-refractivity contribution < 1.29 is 18.0 Å². The van der Waals surface area contributed by atoms with Crippen LogP contribution in [0.5, 0.6) is 0 Å². The molecule has 3 N–H and O–H groups in total. The lowest BCUT2D eigenvalue weighted by Gasteiger charge is -2.34. The summed E-state index contributed by atoms with van der Waals surface area (Å²) in [5.41, 5.74) is 5.71. The van der Waals surface area contributed by atoms with Gasteiger partial charge >= 0.3 is 0 Å². The summed E-state index contributed by atoms with van der Waals surface area (Å²) in [5.74, 6) is 0.160. The number of nitrogens with one attached hydrogen (secondary N) is 1. The first-order valence-corrected chi connectivity index (χ1v) is 13.5. The lowest BCUT2D eigenvalue weighted by molar-refractivity contribution is -0.135. The Morgan fingerprint density at radius 1 is 0.971 bits per heavy atom. The molecule has 8 nitrogen and oxygen atoms in total. The number of rotatable bonds is 6. The molecule has 2 aromatic carbocycles. The molecule has 2 amide bonds. The Morgan fingerprint density at radius 3 is 2.29 bits per heavy atom. The zero-order valence-corrected chi connectivity index (χ0v) is 20.7. The van der Waals surface area contributed by atoms with Crippen LogP contribution in [0.4, 0.5) is 0 Å². The Kier molecular flexibility index (Phi) is 7.77. The minimum Gasteiger partial charge on any atom is -0.347 e. The Balaban J connectivity index is 1.29. The highest BCUT2D eigenvalue weighted by Gasteiger charge is 2.31. The number of piperazine rings is 1. The average Bonchev–Trinajstić information content (AvgIpc) is 2.86. The normalized spacial score (nSPS) is 22.0. The predicted molar refractivity (Wildman–Crippen MR) is 132 cm³/mol. The van der Waals surface area contributed by atoms with Crippen LogP contribution in [-0.4, -0.2) is 68.7 Å². The van der Waals surface area contributed by atoms with E-state index < -0.39 is 10.0 Å². The lowest BCUT2D eigenvalue weighted by Crippen LogP contribution is -2.52. The van der Waals surface area contributed by atoms with E-state index in [1.807, 2.05) is 0 Å². The second-order valence-corrected chi connectivity index (χ2v) is 11.5. The maximum absolute atomic E-state index is 13.1. The number of sulfonamides is 1. The summed E-state index contributed by atoms with van der Waals surface area (Å²) >= 11 is 6.01. The zero-order valence-electron chi connectivity index (χ0n) is 19.1. The van der Waals surface area contributed by atoms with Crippen LogP contribution in [0.1, 0.15) is 25.7 Å². The van der Waals surface area contributed by atoms with E-state index in [1.165, 1.54) is 4.31 Å². The highest BCUT2D eigenvalue weighted by Crippen LogP contribution is 2.28. The molecule has 10 heteroatoms. The average molecular weight is 507 g/mol. The van der Waals surface area contributed by atoms with Crippen molar-refractivity contribution in [3.05, 3.63) is 41.4 Å². The van der Waals surface area contributed by atoms with Crippen molar-refractivity contribution in [2.75, 3.05) is 39.3 Å². The van der Waals surface area contributed by atoms with Crippen molar-refractivity contribution in [1.29, 1.82) is 0 Å². The summed E-state index contributed by atoms with van der Waals surface area (Å²) in [6.07, 6.45) is 3.51. The minimum atomic E-state index is -3.68. The minimum absolute atomic E-state index is 0.0597. The van der Waals surface area contributed by atoms with Crippen LogP contribution in [0.2, 0.25) is 5.02 Å². The number of benzene rings is 2. The van der Waals surface area contributed by atoms with Gasteiger partial charge in [0.05, 0.1) is 11.4 Å². The molecule has 184 valence electrons. The Morgan fingerprint density at radius 2 is 1.62 bits per heavy atom. The van der Waals surface area contributed by atoms with Gasteiger partial charge in [0.2, 0.25) is 21.8 Å². The number of fused-ring (bicyclic) bond motifs is 1. The first-order valence-electron chi connectivity index (χ1n) is 11.7. The van der Waals surface area contributed by atoms with Gasteiger partial charge in [-0.15, -0.1) is 0 Å². The molecule has 1 heterocycles. The van der Waals surface area contributed by atoms with E-state index in [-0.39, 0.29) is 42.3 Å². The fraction of sp³-hybridized carbons (Fsp3) is 0.500. The van der Waals surface area contributed by atoms with Crippen LogP contribution in [0.3, 0.4) is 0 Å². The second-order valence-electron chi connectivity index (χ2n) is 9.11. The van der Waals surface area contributed by atoms with Crippen molar-refractivity contribution in [3.63, 3.8) is 0 Å². The highest BCUT2D eigenvalue weighted by molar-refractivity contribution is 7.89. The zero-order chi connectivity index (χ0) is 24.3. The Hall–Kier alpha value is -2.20. The third kappa shape index (κ3) is 5.54. The van der Waals surface area contributed by atoms with Gasteiger partial charge in [0.15, 0.2) is 0 Å². The summed E-state index contributed by atoms with van der Waals surface area (Å²) in [5, 5.41) is 5.03. The van der Waals surface area contributed by atoms with Gasteiger partial charge in [-0.25, -0.2) is 8.42 Å². The predicted octanol–water partition coefficient (Wildman–Crippen LogP) is 2.21. The van der Waals surface area contributed by atoms with Crippen molar-refractivity contribution in [1.82, 2.24) is 14.5 Å².